The van der Waals surface area contributed by atoms with Crippen molar-refractivity contribution in [1.29, 1.82) is 0 Å². The second-order valence-corrected chi connectivity index (χ2v) is 7.03. The average molecular weight is 396 g/mol. The van der Waals surface area contributed by atoms with E-state index in [0.29, 0.717) is 30.1 Å². The van der Waals surface area contributed by atoms with Gasteiger partial charge in [0.25, 0.3) is 0 Å². The number of pyridine rings is 1. The molecule has 2 aromatic rings. The zero-order valence-corrected chi connectivity index (χ0v) is 15.6. The van der Waals surface area contributed by atoms with Crippen LogP contribution in [0.3, 0.4) is 0 Å². The summed E-state index contributed by atoms with van der Waals surface area (Å²) in [6.07, 6.45) is 4.18. The molecule has 1 aromatic carbocycles. The van der Waals surface area contributed by atoms with Crippen molar-refractivity contribution in [2.24, 2.45) is 5.92 Å². The molecule has 4 nitrogen and oxygen atoms in total. The summed E-state index contributed by atoms with van der Waals surface area (Å²) in [6, 6.07) is 8.52. The fourth-order valence-electron chi connectivity index (χ4n) is 3.70. The van der Waals surface area contributed by atoms with E-state index < -0.39 is 0 Å². The van der Waals surface area contributed by atoms with Crippen molar-refractivity contribution in [1.82, 2.24) is 15.2 Å². The smallest absolute Gasteiger partial charge is 0.226 e. The largest absolute Gasteiger partial charge is 0.333 e. The molecule has 1 aromatic heterocycles. The van der Waals surface area contributed by atoms with Crippen LogP contribution >= 0.6 is 24.0 Å². The maximum Gasteiger partial charge on any atom is 0.226 e. The Kier molecular flexibility index (Phi) is 5.80. The first kappa shape index (κ1) is 19.1. The van der Waals surface area contributed by atoms with Crippen LogP contribution in [0, 0.1) is 11.7 Å². The van der Waals surface area contributed by atoms with E-state index in [2.05, 4.69) is 10.3 Å². The molecule has 1 saturated carbocycles. The fraction of sp³-hybridized carbons (Fsp3) is 0.368. The predicted molar refractivity (Wildman–Crippen MR) is 101 cm³/mol. The highest BCUT2D eigenvalue weighted by molar-refractivity contribution is 6.31. The summed E-state index contributed by atoms with van der Waals surface area (Å²) >= 11 is 6.16. The van der Waals surface area contributed by atoms with E-state index in [1.807, 2.05) is 17.0 Å². The number of aromatic nitrogens is 1. The Labute approximate surface area is 163 Å². The van der Waals surface area contributed by atoms with Gasteiger partial charge in [0, 0.05) is 54.4 Å². The number of piperazine rings is 1. The van der Waals surface area contributed by atoms with Crippen LogP contribution in [0.15, 0.2) is 42.7 Å². The van der Waals surface area contributed by atoms with E-state index in [4.69, 9.17) is 11.6 Å². The number of hydrogen-bond acceptors (Lipinski definition) is 3. The van der Waals surface area contributed by atoms with Gasteiger partial charge in [-0.2, -0.15) is 0 Å². The number of carbonyl (C=O) groups is 1. The summed E-state index contributed by atoms with van der Waals surface area (Å²) in [5, 5.41) is 3.74. The van der Waals surface area contributed by atoms with E-state index in [9.17, 15) is 9.18 Å². The van der Waals surface area contributed by atoms with Crippen LogP contribution in [0.5, 0.6) is 0 Å². The lowest BCUT2D eigenvalue weighted by molar-refractivity contribution is -0.136. The second kappa shape index (κ2) is 7.91. The lowest BCUT2D eigenvalue weighted by Gasteiger charge is -2.36. The third-order valence-corrected chi connectivity index (χ3v) is 5.40. The highest BCUT2D eigenvalue weighted by Crippen LogP contribution is 2.52. The Morgan fingerprint density at radius 1 is 1.31 bits per heavy atom. The number of hydrogen-bond donors (Lipinski definition) is 1. The third kappa shape index (κ3) is 3.56. The Morgan fingerprint density at radius 3 is 2.88 bits per heavy atom. The summed E-state index contributed by atoms with van der Waals surface area (Å²) < 4.78 is 14.1. The zero-order chi connectivity index (χ0) is 17.4. The third-order valence-electron chi connectivity index (χ3n) is 5.07. The molecule has 0 radical (unpaired) electrons. The molecule has 1 saturated heterocycles. The molecular weight excluding hydrogens is 376 g/mol. The summed E-state index contributed by atoms with van der Waals surface area (Å²) in [4.78, 5) is 19.1. The zero-order valence-electron chi connectivity index (χ0n) is 14.1. The molecule has 0 spiro atoms. The number of benzene rings is 1. The van der Waals surface area contributed by atoms with Crippen LogP contribution in [-0.4, -0.2) is 35.4 Å². The van der Waals surface area contributed by atoms with Gasteiger partial charge >= 0.3 is 0 Å². The standard InChI is InChI=1S/C19H19ClFN3O.ClH/c20-15-4-1-5-16(21)18(15)13-9-14(13)19(25)24-8-7-23-11-17(24)12-3-2-6-22-10-12;/h1-6,10,13-14,17,23H,7-9,11H2;1H. The fourth-order valence-corrected chi connectivity index (χ4v) is 4.01. The van der Waals surface area contributed by atoms with Crippen molar-refractivity contribution < 1.29 is 9.18 Å². The van der Waals surface area contributed by atoms with E-state index in [1.54, 1.807) is 24.5 Å². The van der Waals surface area contributed by atoms with Gasteiger partial charge in [-0.3, -0.25) is 9.78 Å². The highest BCUT2D eigenvalue weighted by Gasteiger charge is 2.49. The van der Waals surface area contributed by atoms with Crippen molar-refractivity contribution in [2.45, 2.75) is 18.4 Å². The minimum absolute atomic E-state index is 0. The first-order chi connectivity index (χ1) is 12.2. The molecule has 1 amide bonds. The minimum Gasteiger partial charge on any atom is -0.333 e. The van der Waals surface area contributed by atoms with Crippen molar-refractivity contribution in [3.05, 3.63) is 64.7 Å². The van der Waals surface area contributed by atoms with Gasteiger partial charge < -0.3 is 10.2 Å². The molecule has 2 aliphatic rings. The van der Waals surface area contributed by atoms with Gasteiger partial charge in [-0.1, -0.05) is 23.7 Å². The van der Waals surface area contributed by atoms with Gasteiger partial charge in [0.1, 0.15) is 5.82 Å². The second-order valence-electron chi connectivity index (χ2n) is 6.62. The Bertz CT molecular complexity index is 769. The van der Waals surface area contributed by atoms with Crippen LogP contribution in [0.2, 0.25) is 5.02 Å². The molecule has 1 N–H and O–H groups in total. The topological polar surface area (TPSA) is 45.2 Å². The number of amides is 1. The molecule has 2 fully saturated rings. The van der Waals surface area contributed by atoms with Crippen LogP contribution in [0.4, 0.5) is 4.39 Å². The van der Waals surface area contributed by atoms with Crippen molar-refractivity contribution in [3.8, 4) is 0 Å². The first-order valence-electron chi connectivity index (χ1n) is 8.52. The number of carbonyl (C=O) groups excluding carboxylic acids is 1. The first-order valence-corrected chi connectivity index (χ1v) is 8.89. The lowest BCUT2D eigenvalue weighted by Crippen LogP contribution is -2.49. The van der Waals surface area contributed by atoms with Crippen LogP contribution in [0.25, 0.3) is 0 Å². The van der Waals surface area contributed by atoms with Gasteiger partial charge in [0.2, 0.25) is 5.91 Å². The van der Waals surface area contributed by atoms with Gasteiger partial charge in [-0.15, -0.1) is 12.4 Å². The van der Waals surface area contributed by atoms with Crippen molar-refractivity contribution in [3.63, 3.8) is 0 Å². The van der Waals surface area contributed by atoms with Crippen molar-refractivity contribution >= 4 is 29.9 Å². The molecular formula is C19H20Cl2FN3O. The monoisotopic (exact) mass is 395 g/mol. The SMILES string of the molecule is Cl.O=C(C1CC1c1c(F)cccc1Cl)N1CCNCC1c1cccnc1. The number of nitrogens with zero attached hydrogens (tertiary/aromatic N) is 2. The lowest BCUT2D eigenvalue weighted by atomic mass is 10.0. The predicted octanol–water partition coefficient (Wildman–Crippen LogP) is 3.57. The molecule has 138 valence electrons. The summed E-state index contributed by atoms with van der Waals surface area (Å²) in [5.74, 6) is -0.547. The maximum atomic E-state index is 14.1. The van der Waals surface area contributed by atoms with Crippen molar-refractivity contribution in [2.75, 3.05) is 19.6 Å². The van der Waals surface area contributed by atoms with Gasteiger partial charge in [0.15, 0.2) is 0 Å². The highest BCUT2D eigenvalue weighted by atomic mass is 35.5. The molecule has 26 heavy (non-hydrogen) atoms. The molecule has 1 aliphatic heterocycles. The molecule has 3 unspecified atom stereocenters. The number of halogens is 3. The van der Waals surface area contributed by atoms with Crippen LogP contribution < -0.4 is 5.32 Å². The Balaban J connectivity index is 0.00000196. The van der Waals surface area contributed by atoms with Gasteiger partial charge in [0.05, 0.1) is 6.04 Å². The summed E-state index contributed by atoms with van der Waals surface area (Å²) in [5.41, 5.74) is 1.50. The van der Waals surface area contributed by atoms with E-state index >= 15 is 0 Å². The summed E-state index contributed by atoms with van der Waals surface area (Å²) in [7, 11) is 0. The quantitative estimate of drug-likeness (QED) is 0.863. The van der Waals surface area contributed by atoms with E-state index in [0.717, 1.165) is 12.1 Å². The normalized spacial score (nSPS) is 24.7. The molecule has 1 aliphatic carbocycles. The molecule has 0 bridgehead atoms. The minimum atomic E-state index is -0.322. The maximum absolute atomic E-state index is 14.1. The van der Waals surface area contributed by atoms with Crippen LogP contribution in [-0.2, 0) is 4.79 Å². The van der Waals surface area contributed by atoms with E-state index in [1.165, 1.54) is 6.07 Å². The van der Waals surface area contributed by atoms with E-state index in [-0.39, 0.29) is 42.0 Å². The number of nitrogens with one attached hydrogen (secondary N) is 1. The van der Waals surface area contributed by atoms with Gasteiger partial charge in [-0.25, -0.2) is 4.39 Å². The molecule has 2 heterocycles. The molecule has 4 rings (SSSR count). The summed E-state index contributed by atoms with van der Waals surface area (Å²) in [6.45, 7) is 2.11. The Hall–Kier alpha value is -1.69. The average Bonchev–Trinajstić information content (AvgIpc) is 3.42. The molecule has 7 heteroatoms. The Morgan fingerprint density at radius 2 is 2.15 bits per heavy atom. The van der Waals surface area contributed by atoms with Gasteiger partial charge in [-0.05, 0) is 30.2 Å². The van der Waals surface area contributed by atoms with Crippen LogP contribution in [0.1, 0.15) is 29.5 Å². The molecule has 3 atom stereocenters. The number of rotatable bonds is 3.